The van der Waals surface area contributed by atoms with Crippen molar-refractivity contribution in [3.8, 4) is 0 Å². The molecule has 1 saturated heterocycles. The van der Waals surface area contributed by atoms with Crippen LogP contribution in [0.25, 0.3) is 0 Å². The number of nitrogens with zero attached hydrogens (tertiary/aromatic N) is 6. The lowest BCUT2D eigenvalue weighted by atomic mass is 10.4. The van der Waals surface area contributed by atoms with Gasteiger partial charge < -0.3 is 10.2 Å². The van der Waals surface area contributed by atoms with Crippen LogP contribution in [0.15, 0.2) is 30.7 Å². The summed E-state index contributed by atoms with van der Waals surface area (Å²) >= 11 is 0. The summed E-state index contributed by atoms with van der Waals surface area (Å²) in [6, 6.07) is 5.26. The van der Waals surface area contributed by atoms with Gasteiger partial charge >= 0.3 is 5.69 Å². The zero-order valence-electron chi connectivity index (χ0n) is 13.2. The van der Waals surface area contributed by atoms with Gasteiger partial charge in [0.2, 0.25) is 11.6 Å². The van der Waals surface area contributed by atoms with Gasteiger partial charge in [-0.15, -0.1) is 0 Å². The molecule has 2 aromatic rings. The van der Waals surface area contributed by atoms with Crippen LogP contribution in [0.3, 0.4) is 0 Å². The van der Waals surface area contributed by atoms with Gasteiger partial charge in [0.15, 0.2) is 0 Å². The molecule has 2 N–H and O–H groups in total. The van der Waals surface area contributed by atoms with Crippen molar-refractivity contribution in [3.05, 3.63) is 40.8 Å². The predicted molar refractivity (Wildman–Crippen MR) is 88.9 cm³/mol. The van der Waals surface area contributed by atoms with Crippen molar-refractivity contribution in [2.24, 2.45) is 0 Å². The van der Waals surface area contributed by atoms with Gasteiger partial charge in [-0.25, -0.2) is 20.0 Å². The van der Waals surface area contributed by atoms with Crippen LogP contribution >= 0.6 is 0 Å². The van der Waals surface area contributed by atoms with E-state index in [4.69, 9.17) is 0 Å². The highest BCUT2D eigenvalue weighted by atomic mass is 16.6. The SMILES string of the molecule is CN1CCN(Nc2ncnc(Nc3ccccn3)c2[N+](=O)[O-])CC1. The lowest BCUT2D eigenvalue weighted by molar-refractivity contribution is -0.383. The van der Waals surface area contributed by atoms with Crippen molar-refractivity contribution in [2.45, 2.75) is 0 Å². The minimum Gasteiger partial charge on any atom is -0.319 e. The molecule has 0 atom stereocenters. The number of anilines is 3. The normalized spacial score (nSPS) is 15.9. The van der Waals surface area contributed by atoms with Gasteiger partial charge in [-0.3, -0.25) is 15.5 Å². The third-order valence-electron chi connectivity index (χ3n) is 3.68. The van der Waals surface area contributed by atoms with Crippen molar-refractivity contribution in [1.29, 1.82) is 0 Å². The molecular formula is C14H18N8O2. The first-order chi connectivity index (χ1) is 11.6. The molecule has 0 spiro atoms. The largest absolute Gasteiger partial charge is 0.354 e. The number of hydrogen-bond acceptors (Lipinski definition) is 9. The van der Waals surface area contributed by atoms with Crippen LogP contribution in [0, 0.1) is 10.1 Å². The summed E-state index contributed by atoms with van der Waals surface area (Å²) in [5.74, 6) is 0.744. The molecule has 126 valence electrons. The van der Waals surface area contributed by atoms with Crippen LogP contribution in [0.4, 0.5) is 23.1 Å². The maximum atomic E-state index is 11.5. The van der Waals surface area contributed by atoms with E-state index in [9.17, 15) is 10.1 Å². The number of hydrazine groups is 1. The lowest BCUT2D eigenvalue weighted by Crippen LogP contribution is -2.47. The fraction of sp³-hybridized carbons (Fsp3) is 0.357. The van der Waals surface area contributed by atoms with Crippen LogP contribution < -0.4 is 10.7 Å². The molecule has 3 heterocycles. The average molecular weight is 330 g/mol. The molecular weight excluding hydrogens is 312 g/mol. The van der Waals surface area contributed by atoms with Crippen molar-refractivity contribution >= 4 is 23.1 Å². The van der Waals surface area contributed by atoms with E-state index in [-0.39, 0.29) is 17.3 Å². The summed E-state index contributed by atoms with van der Waals surface area (Å²) in [4.78, 5) is 25.3. The number of pyridine rings is 1. The molecule has 0 unspecified atom stereocenters. The molecule has 3 rings (SSSR count). The molecule has 1 aliphatic heterocycles. The third kappa shape index (κ3) is 3.73. The molecule has 0 saturated carbocycles. The summed E-state index contributed by atoms with van der Waals surface area (Å²) in [7, 11) is 2.04. The first-order valence-corrected chi connectivity index (χ1v) is 7.51. The second-order valence-electron chi connectivity index (χ2n) is 5.42. The Bertz CT molecular complexity index is 703. The Kier molecular flexibility index (Phi) is 4.77. The maximum Gasteiger partial charge on any atom is 0.354 e. The molecule has 10 nitrogen and oxygen atoms in total. The number of likely N-dealkylation sites (N-methyl/N-ethyl adjacent to an activating group) is 1. The van der Waals surface area contributed by atoms with Gasteiger partial charge in [0.05, 0.1) is 4.92 Å². The minimum atomic E-state index is -0.496. The Morgan fingerprint density at radius 3 is 2.54 bits per heavy atom. The van der Waals surface area contributed by atoms with Gasteiger partial charge in [0.25, 0.3) is 0 Å². The van der Waals surface area contributed by atoms with Crippen LogP contribution in [0.5, 0.6) is 0 Å². The fourth-order valence-electron chi connectivity index (χ4n) is 2.35. The Hall–Kier alpha value is -2.85. The van der Waals surface area contributed by atoms with Gasteiger partial charge in [-0.1, -0.05) is 6.07 Å². The summed E-state index contributed by atoms with van der Waals surface area (Å²) in [5, 5.41) is 16.3. The molecule has 0 aromatic carbocycles. The van der Waals surface area contributed by atoms with Crippen molar-refractivity contribution in [3.63, 3.8) is 0 Å². The topological polar surface area (TPSA) is 112 Å². The number of nitro groups is 1. The molecule has 0 bridgehead atoms. The summed E-state index contributed by atoms with van der Waals surface area (Å²) in [6.45, 7) is 3.26. The Labute approximate surface area is 138 Å². The van der Waals surface area contributed by atoms with E-state index in [1.165, 1.54) is 6.33 Å². The van der Waals surface area contributed by atoms with E-state index in [0.717, 1.165) is 26.2 Å². The van der Waals surface area contributed by atoms with Gasteiger partial charge in [-0.05, 0) is 19.2 Å². The monoisotopic (exact) mass is 330 g/mol. The fourth-order valence-corrected chi connectivity index (χ4v) is 2.35. The van der Waals surface area contributed by atoms with Crippen LogP contribution in [-0.2, 0) is 0 Å². The highest BCUT2D eigenvalue weighted by molar-refractivity contribution is 5.72. The highest BCUT2D eigenvalue weighted by Crippen LogP contribution is 2.30. The third-order valence-corrected chi connectivity index (χ3v) is 3.68. The first kappa shape index (κ1) is 16.0. The molecule has 1 aliphatic rings. The predicted octanol–water partition coefficient (Wildman–Crippen LogP) is 1.10. The molecule has 0 amide bonds. The second-order valence-corrected chi connectivity index (χ2v) is 5.42. The van der Waals surface area contributed by atoms with Crippen LogP contribution in [-0.4, -0.2) is 63.0 Å². The second kappa shape index (κ2) is 7.15. The quantitative estimate of drug-likeness (QED) is 0.614. The standard InChI is InChI=1S/C14H18N8O2/c1-20-6-8-21(9-7-20)19-14-12(22(23)24)13(16-10-17-14)18-11-4-2-3-5-15-11/h2-5,10H,6-9H2,1H3,(H2,15,16,17,18,19). The first-order valence-electron chi connectivity index (χ1n) is 7.51. The maximum absolute atomic E-state index is 11.5. The summed E-state index contributed by atoms with van der Waals surface area (Å²) in [6.07, 6.45) is 2.88. The van der Waals surface area contributed by atoms with E-state index < -0.39 is 4.92 Å². The summed E-state index contributed by atoms with van der Waals surface area (Å²) < 4.78 is 0. The van der Waals surface area contributed by atoms with Crippen molar-refractivity contribution in [2.75, 3.05) is 44.0 Å². The number of hydrogen-bond donors (Lipinski definition) is 2. The van der Waals surface area contributed by atoms with Crippen LogP contribution in [0.2, 0.25) is 0 Å². The average Bonchev–Trinajstić information content (AvgIpc) is 2.58. The molecule has 1 fully saturated rings. The van der Waals surface area contributed by atoms with E-state index >= 15 is 0 Å². The Balaban J connectivity index is 1.84. The van der Waals surface area contributed by atoms with Crippen LogP contribution in [0.1, 0.15) is 0 Å². The molecule has 24 heavy (non-hydrogen) atoms. The number of aromatic nitrogens is 3. The van der Waals surface area contributed by atoms with Crippen molar-refractivity contribution < 1.29 is 4.92 Å². The van der Waals surface area contributed by atoms with Crippen molar-refractivity contribution in [1.82, 2.24) is 24.9 Å². The highest BCUT2D eigenvalue weighted by Gasteiger charge is 2.25. The molecule has 0 aliphatic carbocycles. The number of rotatable bonds is 5. The Morgan fingerprint density at radius 2 is 1.88 bits per heavy atom. The Morgan fingerprint density at radius 1 is 1.12 bits per heavy atom. The van der Waals surface area contributed by atoms with E-state index in [0.29, 0.717) is 5.82 Å². The van der Waals surface area contributed by atoms with E-state index in [1.807, 2.05) is 12.1 Å². The lowest BCUT2D eigenvalue weighted by Gasteiger charge is -2.32. The molecule has 10 heteroatoms. The molecule has 2 aromatic heterocycles. The number of nitrogens with one attached hydrogen (secondary N) is 2. The van der Waals surface area contributed by atoms with E-state index in [2.05, 4.69) is 30.6 Å². The minimum absolute atomic E-state index is 0.102. The number of piperazine rings is 1. The zero-order valence-corrected chi connectivity index (χ0v) is 13.2. The summed E-state index contributed by atoms with van der Waals surface area (Å²) in [5.41, 5.74) is 2.82. The van der Waals surface area contributed by atoms with E-state index in [1.54, 1.807) is 24.4 Å². The smallest absolute Gasteiger partial charge is 0.319 e. The zero-order chi connectivity index (χ0) is 16.9. The van der Waals surface area contributed by atoms with Gasteiger partial charge in [0.1, 0.15) is 12.1 Å². The van der Waals surface area contributed by atoms with Gasteiger partial charge in [-0.2, -0.15) is 0 Å². The molecule has 0 radical (unpaired) electrons. The van der Waals surface area contributed by atoms with Gasteiger partial charge in [0, 0.05) is 32.4 Å².